The Morgan fingerprint density at radius 3 is 2.25 bits per heavy atom. The fourth-order valence-electron chi connectivity index (χ4n) is 2.16. The third-order valence-electron chi connectivity index (χ3n) is 2.96. The van der Waals surface area contributed by atoms with Crippen molar-refractivity contribution in [1.29, 1.82) is 0 Å². The molecule has 2 atom stereocenters. The Labute approximate surface area is 127 Å². The first-order chi connectivity index (χ1) is 9.74. The number of rotatable bonds is 7. The predicted molar refractivity (Wildman–Crippen MR) is 97.2 cm³/mol. The third kappa shape index (κ3) is 5.88. The monoisotopic (exact) mass is 288 g/mol. The van der Waals surface area contributed by atoms with E-state index < -0.39 is 0 Å². The number of hydrogen-bond acceptors (Lipinski definition) is 0. The third-order valence-corrected chi connectivity index (χ3v) is 5.84. The molecule has 0 spiro atoms. The average Bonchev–Trinajstić information content (AvgIpc) is 2.50. The van der Waals surface area contributed by atoms with Crippen molar-refractivity contribution in [3.05, 3.63) is 67.0 Å². The van der Waals surface area contributed by atoms with Crippen molar-refractivity contribution in [2.75, 3.05) is 0 Å². The Balaban J connectivity index is 0.00000172. The summed E-state index contributed by atoms with van der Waals surface area (Å²) in [6.45, 7) is 16.4. The van der Waals surface area contributed by atoms with Gasteiger partial charge in [0.1, 0.15) is 0 Å². The molecule has 0 aliphatic carbocycles. The van der Waals surface area contributed by atoms with Crippen molar-refractivity contribution in [3.63, 3.8) is 0 Å². The zero-order chi connectivity index (χ0) is 15.4. The summed E-state index contributed by atoms with van der Waals surface area (Å²) in [4.78, 5) is 0. The van der Waals surface area contributed by atoms with Gasteiger partial charge in [-0.15, -0.1) is 0 Å². The molecule has 0 radical (unpaired) electrons. The minimum atomic E-state index is -0.320. The van der Waals surface area contributed by atoms with Gasteiger partial charge in [-0.05, 0) is 30.6 Å². The smallest absolute Gasteiger partial charge is 0.0157 e. The zero-order valence-corrected chi connectivity index (χ0v) is 14.4. The van der Waals surface area contributed by atoms with Gasteiger partial charge in [0.15, 0.2) is 0 Å². The minimum Gasteiger partial charge on any atom is -0.0990 e. The van der Waals surface area contributed by atoms with Crippen LogP contribution in [0.1, 0.15) is 40.5 Å². The van der Waals surface area contributed by atoms with Gasteiger partial charge in [-0.25, -0.2) is 0 Å². The topological polar surface area (TPSA) is 0 Å². The van der Waals surface area contributed by atoms with Crippen molar-refractivity contribution in [1.82, 2.24) is 0 Å². The largest absolute Gasteiger partial charge is 0.0990 e. The van der Waals surface area contributed by atoms with E-state index in [-0.39, 0.29) is 7.92 Å². The van der Waals surface area contributed by atoms with Gasteiger partial charge in [0.05, 0.1) is 0 Å². The van der Waals surface area contributed by atoms with Crippen LogP contribution in [0.25, 0.3) is 0 Å². The standard InChI is InChI=1S/C17H23P.C2H6/c1-5-11-15(4)18(16(7-3)12-6-2)17-13-9-8-10-14-17;1-2/h6-10,12-15H,2-3,5,11H2,1,4H3;1-2H3/b16-12+;. The Morgan fingerprint density at radius 1 is 1.20 bits per heavy atom. The van der Waals surface area contributed by atoms with E-state index in [1.165, 1.54) is 23.5 Å². The molecule has 0 aromatic heterocycles. The van der Waals surface area contributed by atoms with Crippen molar-refractivity contribution in [3.8, 4) is 0 Å². The maximum atomic E-state index is 3.97. The summed E-state index contributed by atoms with van der Waals surface area (Å²) in [5, 5.41) is 2.76. The van der Waals surface area contributed by atoms with Crippen LogP contribution < -0.4 is 5.30 Å². The summed E-state index contributed by atoms with van der Waals surface area (Å²) in [5.41, 5.74) is 0.677. The Bertz CT molecular complexity index is 403. The van der Waals surface area contributed by atoms with E-state index in [1.54, 1.807) is 0 Å². The highest BCUT2D eigenvalue weighted by atomic mass is 31.1. The van der Waals surface area contributed by atoms with E-state index in [2.05, 4.69) is 63.4 Å². The van der Waals surface area contributed by atoms with Crippen LogP contribution >= 0.6 is 7.92 Å². The van der Waals surface area contributed by atoms with Crippen molar-refractivity contribution in [2.24, 2.45) is 0 Å². The molecule has 2 unspecified atom stereocenters. The fraction of sp³-hybridized carbons (Fsp3) is 0.368. The maximum Gasteiger partial charge on any atom is -0.0157 e. The molecule has 0 N–H and O–H groups in total. The quantitative estimate of drug-likeness (QED) is 0.410. The molecule has 0 amide bonds. The van der Waals surface area contributed by atoms with Gasteiger partial charge < -0.3 is 0 Å². The van der Waals surface area contributed by atoms with E-state index in [0.717, 1.165) is 0 Å². The van der Waals surface area contributed by atoms with Gasteiger partial charge in [-0.1, -0.05) is 95.8 Å². The molecule has 0 bridgehead atoms. The fourth-order valence-corrected chi connectivity index (χ4v) is 4.95. The summed E-state index contributed by atoms with van der Waals surface area (Å²) in [5.74, 6) is 0. The van der Waals surface area contributed by atoms with Crippen LogP contribution in [-0.4, -0.2) is 5.66 Å². The van der Waals surface area contributed by atoms with Gasteiger partial charge >= 0.3 is 0 Å². The molecule has 110 valence electrons. The molecule has 0 nitrogen and oxygen atoms in total. The van der Waals surface area contributed by atoms with E-state index in [1.807, 2.05) is 26.0 Å². The SMILES string of the molecule is C=C/C=C(\C=C)P(c1ccccc1)C(C)CCC.CC. The molecular weight excluding hydrogens is 259 g/mol. The van der Waals surface area contributed by atoms with E-state index in [4.69, 9.17) is 0 Å². The lowest BCUT2D eigenvalue weighted by Gasteiger charge is -2.26. The molecule has 0 saturated carbocycles. The Kier molecular flexibility index (Phi) is 11.0. The number of benzene rings is 1. The summed E-state index contributed by atoms with van der Waals surface area (Å²) >= 11 is 0. The Morgan fingerprint density at radius 2 is 1.80 bits per heavy atom. The predicted octanol–water partition coefficient (Wildman–Crippen LogP) is 6.26. The van der Waals surface area contributed by atoms with Crippen molar-refractivity contribution in [2.45, 2.75) is 46.2 Å². The average molecular weight is 288 g/mol. The van der Waals surface area contributed by atoms with Crippen molar-refractivity contribution >= 4 is 13.2 Å². The van der Waals surface area contributed by atoms with Gasteiger partial charge in [-0.2, -0.15) is 0 Å². The molecule has 0 heterocycles. The molecule has 1 aromatic rings. The first-order valence-corrected chi connectivity index (χ1v) is 8.95. The molecule has 0 fully saturated rings. The molecule has 0 aliphatic rings. The zero-order valence-electron chi connectivity index (χ0n) is 13.5. The van der Waals surface area contributed by atoms with Gasteiger partial charge in [0.25, 0.3) is 0 Å². The molecule has 1 rings (SSSR count). The lowest BCUT2D eigenvalue weighted by Crippen LogP contribution is -2.11. The first-order valence-electron chi connectivity index (χ1n) is 7.54. The number of allylic oxidation sites excluding steroid dienone is 4. The second-order valence-electron chi connectivity index (χ2n) is 4.37. The summed E-state index contributed by atoms with van der Waals surface area (Å²) in [6.07, 6.45) is 8.45. The highest BCUT2D eigenvalue weighted by molar-refractivity contribution is 7.70. The molecule has 0 aliphatic heterocycles. The summed E-state index contributed by atoms with van der Waals surface area (Å²) < 4.78 is 0. The van der Waals surface area contributed by atoms with Gasteiger partial charge in [0, 0.05) is 0 Å². The van der Waals surface area contributed by atoms with Crippen LogP contribution in [0.3, 0.4) is 0 Å². The summed E-state index contributed by atoms with van der Waals surface area (Å²) in [6, 6.07) is 10.8. The second kappa shape index (κ2) is 11.7. The van der Waals surface area contributed by atoms with Crippen LogP contribution in [0.5, 0.6) is 0 Å². The molecule has 1 heteroatoms. The van der Waals surface area contributed by atoms with E-state index >= 15 is 0 Å². The lowest BCUT2D eigenvalue weighted by atomic mass is 10.3. The maximum absolute atomic E-state index is 3.97. The van der Waals surface area contributed by atoms with Crippen LogP contribution in [0.2, 0.25) is 0 Å². The number of hydrogen-bond donors (Lipinski definition) is 0. The van der Waals surface area contributed by atoms with Gasteiger partial charge in [-0.3, -0.25) is 0 Å². The Hall–Kier alpha value is -1.13. The van der Waals surface area contributed by atoms with E-state index in [0.29, 0.717) is 5.66 Å². The molecule has 0 saturated heterocycles. The minimum absolute atomic E-state index is 0.320. The molecule has 20 heavy (non-hydrogen) atoms. The molecule has 1 aromatic carbocycles. The van der Waals surface area contributed by atoms with Crippen molar-refractivity contribution < 1.29 is 0 Å². The van der Waals surface area contributed by atoms with Gasteiger partial charge in [0.2, 0.25) is 0 Å². The lowest BCUT2D eigenvalue weighted by molar-refractivity contribution is 0.781. The summed E-state index contributed by atoms with van der Waals surface area (Å²) in [7, 11) is -0.320. The van der Waals surface area contributed by atoms with Crippen LogP contribution in [-0.2, 0) is 0 Å². The molecular formula is C19H29P. The second-order valence-corrected chi connectivity index (χ2v) is 7.03. The van der Waals surface area contributed by atoms with Crippen LogP contribution in [0.4, 0.5) is 0 Å². The van der Waals surface area contributed by atoms with Crippen LogP contribution in [0.15, 0.2) is 67.0 Å². The first kappa shape index (κ1) is 18.9. The highest BCUT2D eigenvalue weighted by Crippen LogP contribution is 2.50. The van der Waals surface area contributed by atoms with Crippen LogP contribution in [0, 0.1) is 0 Å². The van der Waals surface area contributed by atoms with E-state index in [9.17, 15) is 0 Å². The normalized spacial score (nSPS) is 13.7. The highest BCUT2D eigenvalue weighted by Gasteiger charge is 2.20.